The maximum atomic E-state index is 6.12. The summed E-state index contributed by atoms with van der Waals surface area (Å²) < 4.78 is 0. The fourth-order valence-electron chi connectivity index (χ4n) is 3.03. The van der Waals surface area contributed by atoms with Crippen molar-refractivity contribution in [1.82, 2.24) is 4.98 Å². The molecule has 4 heteroatoms. The Morgan fingerprint density at radius 3 is 2.68 bits per heavy atom. The molecule has 0 radical (unpaired) electrons. The third-order valence-corrected chi connectivity index (χ3v) is 4.24. The van der Waals surface area contributed by atoms with E-state index in [2.05, 4.69) is 11.5 Å². The van der Waals surface area contributed by atoms with Crippen molar-refractivity contribution < 1.29 is 0 Å². The average molecular weight is 276 g/mol. The van der Waals surface area contributed by atoms with Gasteiger partial charge in [-0.05, 0) is 43.5 Å². The highest BCUT2D eigenvalue weighted by Gasteiger charge is 2.20. The minimum Gasteiger partial charge on any atom is -0.323 e. The van der Waals surface area contributed by atoms with Crippen molar-refractivity contribution in [2.75, 3.05) is 5.43 Å². The Morgan fingerprint density at radius 2 is 2.00 bits per heavy atom. The molecule has 1 heterocycles. The molecule has 0 spiro atoms. The Labute approximate surface area is 118 Å². The molecule has 0 unspecified atom stereocenters. The predicted molar refractivity (Wildman–Crippen MR) is 80.5 cm³/mol. The van der Waals surface area contributed by atoms with Crippen LogP contribution in [-0.4, -0.2) is 4.98 Å². The first-order chi connectivity index (χ1) is 9.19. The van der Waals surface area contributed by atoms with Gasteiger partial charge in [-0.25, -0.2) is 0 Å². The summed E-state index contributed by atoms with van der Waals surface area (Å²) in [5, 5.41) is 1.71. The van der Waals surface area contributed by atoms with Gasteiger partial charge in [0, 0.05) is 22.0 Å². The average Bonchev–Trinajstić information content (AvgIpc) is 2.91. The molecule has 0 amide bonds. The summed E-state index contributed by atoms with van der Waals surface area (Å²) in [5.74, 6) is 6.24. The molecular weight excluding hydrogens is 258 g/mol. The van der Waals surface area contributed by atoms with E-state index < -0.39 is 0 Å². The number of anilines is 1. The molecule has 1 fully saturated rings. The third kappa shape index (κ3) is 2.28. The van der Waals surface area contributed by atoms with E-state index in [9.17, 15) is 0 Å². The van der Waals surface area contributed by atoms with Gasteiger partial charge in [-0.3, -0.25) is 10.8 Å². The Hall–Kier alpha value is -1.32. The van der Waals surface area contributed by atoms with Crippen LogP contribution in [0.25, 0.3) is 10.9 Å². The molecule has 2 aromatic rings. The van der Waals surface area contributed by atoms with Gasteiger partial charge in [-0.1, -0.05) is 24.4 Å². The van der Waals surface area contributed by atoms with Crippen LogP contribution < -0.4 is 11.3 Å². The summed E-state index contributed by atoms with van der Waals surface area (Å²) in [4.78, 5) is 4.85. The van der Waals surface area contributed by atoms with Gasteiger partial charge in [-0.15, -0.1) is 0 Å². The minimum absolute atomic E-state index is 0.576. The molecular formula is C15H18ClN3. The first kappa shape index (κ1) is 12.7. The summed E-state index contributed by atoms with van der Waals surface area (Å²) in [6.45, 7) is 2.04. The monoisotopic (exact) mass is 275 g/mol. The van der Waals surface area contributed by atoms with Crippen molar-refractivity contribution >= 4 is 28.2 Å². The number of halogens is 1. The number of nitrogens with one attached hydrogen (secondary N) is 1. The summed E-state index contributed by atoms with van der Waals surface area (Å²) >= 11 is 6.12. The number of hydrogen-bond donors (Lipinski definition) is 2. The van der Waals surface area contributed by atoms with Gasteiger partial charge in [0.05, 0.1) is 11.2 Å². The number of aromatic nitrogens is 1. The van der Waals surface area contributed by atoms with Crippen molar-refractivity contribution in [3.05, 3.63) is 34.5 Å². The number of pyridine rings is 1. The van der Waals surface area contributed by atoms with E-state index in [1.54, 1.807) is 0 Å². The number of nitrogens with zero attached hydrogens (tertiary/aromatic N) is 1. The molecule has 3 nitrogen and oxygen atoms in total. The molecule has 3 rings (SSSR count). The van der Waals surface area contributed by atoms with Crippen LogP contribution in [0.1, 0.15) is 42.9 Å². The highest BCUT2D eigenvalue weighted by Crippen LogP contribution is 2.37. The Bertz CT molecular complexity index is 618. The number of nitrogens with two attached hydrogens (primary N) is 1. The van der Waals surface area contributed by atoms with Gasteiger partial charge < -0.3 is 5.43 Å². The van der Waals surface area contributed by atoms with Crippen molar-refractivity contribution in [2.45, 2.75) is 38.5 Å². The maximum Gasteiger partial charge on any atom is 0.0756 e. The lowest BCUT2D eigenvalue weighted by molar-refractivity contribution is 0.701. The lowest BCUT2D eigenvalue weighted by atomic mass is 10.0. The maximum absolute atomic E-state index is 6.12. The van der Waals surface area contributed by atoms with Gasteiger partial charge in [0.15, 0.2) is 0 Å². The molecule has 0 saturated heterocycles. The highest BCUT2D eigenvalue weighted by molar-refractivity contribution is 6.31. The van der Waals surface area contributed by atoms with Crippen LogP contribution in [-0.2, 0) is 0 Å². The van der Waals surface area contributed by atoms with Crippen LogP contribution in [0.5, 0.6) is 0 Å². The smallest absolute Gasteiger partial charge is 0.0756 e. The van der Waals surface area contributed by atoms with Gasteiger partial charge in [0.25, 0.3) is 0 Å². The molecule has 1 saturated carbocycles. The number of benzene rings is 1. The van der Waals surface area contributed by atoms with Crippen LogP contribution in [0.15, 0.2) is 18.2 Å². The van der Waals surface area contributed by atoms with Crippen molar-refractivity contribution in [3.63, 3.8) is 0 Å². The molecule has 19 heavy (non-hydrogen) atoms. The summed E-state index contributed by atoms with van der Waals surface area (Å²) in [6.07, 6.45) is 5.06. The second kappa shape index (κ2) is 4.99. The molecule has 1 aliphatic carbocycles. The molecule has 1 aromatic heterocycles. The molecule has 0 atom stereocenters. The Morgan fingerprint density at radius 1 is 1.26 bits per heavy atom. The molecule has 1 aromatic carbocycles. The lowest BCUT2D eigenvalue weighted by Crippen LogP contribution is -2.09. The van der Waals surface area contributed by atoms with Crippen LogP contribution >= 0.6 is 11.6 Å². The molecule has 100 valence electrons. The fraction of sp³-hybridized carbons (Fsp3) is 0.400. The van der Waals surface area contributed by atoms with Crippen LogP contribution in [0, 0.1) is 6.92 Å². The van der Waals surface area contributed by atoms with E-state index in [0.29, 0.717) is 5.92 Å². The second-order valence-electron chi connectivity index (χ2n) is 5.34. The normalized spacial score (nSPS) is 16.2. The van der Waals surface area contributed by atoms with E-state index in [-0.39, 0.29) is 0 Å². The zero-order valence-electron chi connectivity index (χ0n) is 11.0. The standard InChI is InChI=1S/C15H18ClN3/c1-9-6-11(16)7-12-14(19-17)8-13(18-15(9)12)10-4-2-3-5-10/h6-8,10H,2-5,17H2,1H3,(H,18,19). The molecule has 0 bridgehead atoms. The number of hydrazine groups is 1. The quantitative estimate of drug-likeness (QED) is 0.640. The first-order valence-electron chi connectivity index (χ1n) is 6.76. The summed E-state index contributed by atoms with van der Waals surface area (Å²) in [5.41, 5.74) is 6.96. The minimum atomic E-state index is 0.576. The topological polar surface area (TPSA) is 50.9 Å². The highest BCUT2D eigenvalue weighted by atomic mass is 35.5. The second-order valence-corrected chi connectivity index (χ2v) is 5.78. The Kier molecular flexibility index (Phi) is 3.33. The zero-order valence-corrected chi connectivity index (χ0v) is 11.8. The van der Waals surface area contributed by atoms with Crippen molar-refractivity contribution in [2.24, 2.45) is 5.84 Å². The number of aryl methyl sites for hydroxylation is 1. The van der Waals surface area contributed by atoms with Gasteiger partial charge >= 0.3 is 0 Å². The summed E-state index contributed by atoms with van der Waals surface area (Å²) in [7, 11) is 0. The van der Waals surface area contributed by atoms with Crippen LogP contribution in [0.3, 0.4) is 0 Å². The fourth-order valence-corrected chi connectivity index (χ4v) is 3.30. The van der Waals surface area contributed by atoms with E-state index >= 15 is 0 Å². The van der Waals surface area contributed by atoms with Crippen LogP contribution in [0.4, 0.5) is 5.69 Å². The third-order valence-electron chi connectivity index (χ3n) is 4.02. The van der Waals surface area contributed by atoms with Gasteiger partial charge in [0.1, 0.15) is 0 Å². The molecule has 3 N–H and O–H groups in total. The molecule has 1 aliphatic rings. The van der Waals surface area contributed by atoms with E-state index in [1.165, 1.54) is 25.7 Å². The SMILES string of the molecule is Cc1cc(Cl)cc2c(NN)cc(C3CCCC3)nc12. The molecule has 0 aliphatic heterocycles. The summed E-state index contributed by atoms with van der Waals surface area (Å²) in [6, 6.07) is 5.95. The van der Waals surface area contributed by atoms with E-state index in [0.717, 1.165) is 32.9 Å². The predicted octanol–water partition coefficient (Wildman–Crippen LogP) is 4.14. The van der Waals surface area contributed by atoms with Crippen LogP contribution in [0.2, 0.25) is 5.02 Å². The Balaban J connectivity index is 2.21. The number of nitrogen functional groups attached to an aromatic ring is 1. The van der Waals surface area contributed by atoms with Gasteiger partial charge in [0.2, 0.25) is 0 Å². The largest absolute Gasteiger partial charge is 0.323 e. The van der Waals surface area contributed by atoms with E-state index in [4.69, 9.17) is 22.4 Å². The van der Waals surface area contributed by atoms with E-state index in [1.807, 2.05) is 19.1 Å². The lowest BCUT2D eigenvalue weighted by Gasteiger charge is -2.14. The van der Waals surface area contributed by atoms with Gasteiger partial charge in [-0.2, -0.15) is 0 Å². The zero-order chi connectivity index (χ0) is 13.4. The van der Waals surface area contributed by atoms with Crippen molar-refractivity contribution in [3.8, 4) is 0 Å². The number of rotatable bonds is 2. The number of fused-ring (bicyclic) bond motifs is 1. The van der Waals surface area contributed by atoms with Crippen molar-refractivity contribution in [1.29, 1.82) is 0 Å². The first-order valence-corrected chi connectivity index (χ1v) is 7.14. The number of hydrogen-bond acceptors (Lipinski definition) is 3.